The van der Waals surface area contributed by atoms with Gasteiger partial charge in [-0.3, -0.25) is 4.90 Å². The van der Waals surface area contributed by atoms with Crippen molar-refractivity contribution in [1.82, 2.24) is 4.98 Å². The molecule has 29 heavy (non-hydrogen) atoms. The van der Waals surface area contributed by atoms with Gasteiger partial charge in [-0.25, -0.2) is 9.78 Å². The van der Waals surface area contributed by atoms with Crippen LogP contribution >= 0.6 is 11.6 Å². The molecular weight excluding hydrogens is 399 g/mol. The van der Waals surface area contributed by atoms with Gasteiger partial charge in [0.25, 0.3) is 0 Å². The Kier molecular flexibility index (Phi) is 5.55. The number of carbonyl (C=O) groups is 1. The third-order valence-electron chi connectivity index (χ3n) is 4.76. The number of pyridine rings is 1. The monoisotopic (exact) mass is 418 g/mol. The zero-order valence-corrected chi connectivity index (χ0v) is 16.5. The highest BCUT2D eigenvalue weighted by atomic mass is 35.5. The van der Waals surface area contributed by atoms with E-state index in [1.807, 2.05) is 31.2 Å². The maximum atomic E-state index is 14.1. The lowest BCUT2D eigenvalue weighted by molar-refractivity contribution is 0.173. The minimum Gasteiger partial charge on any atom is -0.447 e. The number of rotatable bonds is 4. The summed E-state index contributed by atoms with van der Waals surface area (Å²) in [7, 11) is 0. The number of halogens is 2. The molecule has 1 atom stereocenters. The minimum absolute atomic E-state index is 0.201. The summed E-state index contributed by atoms with van der Waals surface area (Å²) in [5.41, 5.74) is 3.21. The summed E-state index contributed by atoms with van der Waals surface area (Å²) >= 11 is 6.14. The molecule has 3 heterocycles. The summed E-state index contributed by atoms with van der Waals surface area (Å²) < 4.78 is 24.7. The molecule has 0 radical (unpaired) electrons. The first-order valence-electron chi connectivity index (χ1n) is 9.19. The number of hydrogen-bond acceptors (Lipinski definition) is 6. The van der Waals surface area contributed by atoms with Crippen LogP contribution in [0.2, 0.25) is 5.02 Å². The molecule has 1 aromatic carbocycles. The lowest BCUT2D eigenvalue weighted by Gasteiger charge is -2.23. The van der Waals surface area contributed by atoms with Crippen molar-refractivity contribution < 1.29 is 18.7 Å². The van der Waals surface area contributed by atoms with E-state index in [1.165, 1.54) is 11.0 Å². The maximum Gasteiger partial charge on any atom is 0.414 e. The number of carbonyl (C=O) groups excluding carboxylic acids is 1. The molecule has 0 aliphatic carbocycles. The van der Waals surface area contributed by atoms with Crippen molar-refractivity contribution >= 4 is 41.0 Å². The molecule has 2 aliphatic rings. The van der Waals surface area contributed by atoms with Crippen LogP contribution in [0, 0.1) is 5.95 Å². The van der Waals surface area contributed by atoms with Crippen LogP contribution in [0.15, 0.2) is 35.9 Å². The predicted molar refractivity (Wildman–Crippen MR) is 110 cm³/mol. The van der Waals surface area contributed by atoms with Crippen LogP contribution in [0.25, 0.3) is 6.08 Å². The van der Waals surface area contributed by atoms with Gasteiger partial charge in [0.1, 0.15) is 19.2 Å². The topological polar surface area (TPSA) is 75.7 Å². The van der Waals surface area contributed by atoms with Gasteiger partial charge in [0.2, 0.25) is 5.95 Å². The molecule has 1 amide bonds. The minimum atomic E-state index is -0.680. The van der Waals surface area contributed by atoms with Gasteiger partial charge >= 0.3 is 6.09 Å². The summed E-state index contributed by atoms with van der Waals surface area (Å²) in [5, 5.41) is 7.02. The van der Waals surface area contributed by atoms with Crippen LogP contribution in [-0.2, 0) is 9.47 Å². The summed E-state index contributed by atoms with van der Waals surface area (Å²) in [5.74, 6) is -0.360. The molecule has 0 unspecified atom stereocenters. The van der Waals surface area contributed by atoms with E-state index in [0.29, 0.717) is 36.4 Å². The van der Waals surface area contributed by atoms with Crippen molar-refractivity contribution in [2.24, 2.45) is 0 Å². The van der Waals surface area contributed by atoms with Crippen molar-refractivity contribution in [2.45, 2.75) is 13.0 Å². The van der Waals surface area contributed by atoms with E-state index in [-0.39, 0.29) is 12.6 Å². The fourth-order valence-electron chi connectivity index (χ4n) is 3.26. The van der Waals surface area contributed by atoms with Crippen LogP contribution in [0.1, 0.15) is 12.5 Å². The van der Waals surface area contributed by atoms with Gasteiger partial charge in [0, 0.05) is 28.9 Å². The number of cyclic esters (lactones) is 1. The number of benzene rings is 1. The zero-order valence-electron chi connectivity index (χ0n) is 15.7. The number of fused-ring (bicyclic) bond motifs is 1. The number of nitrogens with zero attached hydrogens (tertiary/aromatic N) is 2. The molecule has 0 bridgehead atoms. The first-order chi connectivity index (χ1) is 14.0. The van der Waals surface area contributed by atoms with Gasteiger partial charge in [0.05, 0.1) is 18.8 Å². The molecule has 1 saturated heterocycles. The van der Waals surface area contributed by atoms with Crippen LogP contribution < -0.4 is 15.5 Å². The van der Waals surface area contributed by atoms with Crippen molar-refractivity contribution in [3.63, 3.8) is 0 Å². The van der Waals surface area contributed by atoms with Crippen LogP contribution in [0.5, 0.6) is 0 Å². The van der Waals surface area contributed by atoms with Crippen LogP contribution in [0.3, 0.4) is 0 Å². The Morgan fingerprint density at radius 3 is 3.00 bits per heavy atom. The second-order valence-electron chi connectivity index (χ2n) is 6.79. The maximum absolute atomic E-state index is 14.1. The third kappa shape index (κ3) is 4.44. The second kappa shape index (κ2) is 8.26. The highest BCUT2D eigenvalue weighted by Gasteiger charge is 2.25. The molecule has 152 valence electrons. The quantitative estimate of drug-likeness (QED) is 0.727. The van der Waals surface area contributed by atoms with Crippen molar-refractivity contribution in [1.29, 1.82) is 0 Å². The molecule has 0 spiro atoms. The summed E-state index contributed by atoms with van der Waals surface area (Å²) in [6, 6.07) is 8.22. The Balaban J connectivity index is 1.59. The Morgan fingerprint density at radius 1 is 1.34 bits per heavy atom. The highest BCUT2D eigenvalue weighted by molar-refractivity contribution is 6.30. The highest BCUT2D eigenvalue weighted by Crippen LogP contribution is 2.27. The van der Waals surface area contributed by atoms with Crippen LogP contribution in [0.4, 0.5) is 26.4 Å². The molecule has 2 aliphatic heterocycles. The average molecular weight is 419 g/mol. The van der Waals surface area contributed by atoms with E-state index in [2.05, 4.69) is 15.6 Å². The lowest BCUT2D eigenvalue weighted by atomic mass is 10.0. The number of ether oxygens (including phenoxy) is 2. The third-order valence-corrected chi connectivity index (χ3v) is 4.99. The van der Waals surface area contributed by atoms with Gasteiger partial charge in [0.15, 0.2) is 0 Å². The molecule has 9 heteroatoms. The molecule has 1 aromatic heterocycles. The molecule has 2 N–H and O–H groups in total. The van der Waals surface area contributed by atoms with Crippen molar-refractivity contribution in [2.75, 3.05) is 42.0 Å². The smallest absolute Gasteiger partial charge is 0.414 e. The fourth-order valence-corrected chi connectivity index (χ4v) is 3.44. The number of aromatic nitrogens is 1. The molecule has 7 nitrogen and oxygen atoms in total. The van der Waals surface area contributed by atoms with E-state index < -0.39 is 12.0 Å². The number of anilines is 3. The lowest BCUT2D eigenvalue weighted by Crippen LogP contribution is -2.26. The first-order valence-corrected chi connectivity index (χ1v) is 9.57. The van der Waals surface area contributed by atoms with E-state index in [1.54, 1.807) is 6.07 Å². The first kappa shape index (κ1) is 19.5. The molecular formula is C20H20ClFN4O3. The Morgan fingerprint density at radius 2 is 2.21 bits per heavy atom. The number of nitrogens with one attached hydrogen (secondary N) is 2. The van der Waals surface area contributed by atoms with E-state index in [0.717, 1.165) is 16.8 Å². The van der Waals surface area contributed by atoms with Gasteiger partial charge in [-0.05, 0) is 42.3 Å². The SMILES string of the molecule is C[C@H](Nc1cc(N2CCOC2=O)cc(F)n1)/C1=C/c2cc(Cl)ccc2NCOC1. The zero-order chi connectivity index (χ0) is 20.4. The predicted octanol–water partition coefficient (Wildman–Crippen LogP) is 4.11. The molecule has 1 fully saturated rings. The van der Waals surface area contributed by atoms with E-state index in [4.69, 9.17) is 21.1 Å². The normalized spacial score (nSPS) is 19.2. The fraction of sp³-hybridized carbons (Fsp3) is 0.300. The van der Waals surface area contributed by atoms with Crippen LogP contribution in [-0.4, -0.2) is 43.6 Å². The van der Waals surface area contributed by atoms with Gasteiger partial charge < -0.3 is 20.1 Å². The average Bonchev–Trinajstić information content (AvgIpc) is 3.08. The molecule has 2 aromatic rings. The number of amides is 1. The molecule has 0 saturated carbocycles. The summed E-state index contributed by atoms with van der Waals surface area (Å²) in [4.78, 5) is 17.1. The Labute approximate surface area is 172 Å². The number of hydrogen-bond donors (Lipinski definition) is 2. The molecule has 4 rings (SSSR count). The van der Waals surface area contributed by atoms with Gasteiger partial charge in [-0.2, -0.15) is 4.39 Å². The van der Waals surface area contributed by atoms with Gasteiger partial charge in [-0.15, -0.1) is 0 Å². The van der Waals surface area contributed by atoms with Crippen molar-refractivity contribution in [3.8, 4) is 0 Å². The van der Waals surface area contributed by atoms with Crippen molar-refractivity contribution in [3.05, 3.63) is 52.4 Å². The summed E-state index contributed by atoms with van der Waals surface area (Å²) in [6.45, 7) is 3.33. The Hall–Kier alpha value is -2.84. The van der Waals surface area contributed by atoms with E-state index >= 15 is 0 Å². The van der Waals surface area contributed by atoms with E-state index in [9.17, 15) is 9.18 Å². The van der Waals surface area contributed by atoms with Gasteiger partial charge in [-0.1, -0.05) is 11.6 Å². The standard InChI is InChI=1S/C20H20ClFN4O3/c1-12(14-6-13-7-15(21)2-3-17(13)23-11-28-10-14)24-19-9-16(8-18(22)25-19)26-4-5-29-20(26)27/h2-3,6-9,12,23H,4-5,10-11H2,1H3,(H,24,25)/b14-6+/t12-/m0/s1. The Bertz CT molecular complexity index is 969. The summed E-state index contributed by atoms with van der Waals surface area (Å²) in [6.07, 6.45) is 1.50. The largest absolute Gasteiger partial charge is 0.447 e. The second-order valence-corrected chi connectivity index (χ2v) is 7.22.